The topological polar surface area (TPSA) is 65.0 Å². The van der Waals surface area contributed by atoms with Crippen molar-refractivity contribution in [1.29, 1.82) is 0 Å². The second-order valence-corrected chi connectivity index (χ2v) is 6.99. The molecule has 0 aromatic heterocycles. The predicted molar refractivity (Wildman–Crippen MR) is 78.0 cm³/mol. The highest BCUT2D eigenvalue weighted by atomic mass is 31.2. The van der Waals surface area contributed by atoms with E-state index < -0.39 is 13.4 Å². The minimum absolute atomic E-state index is 0.320. The molecule has 1 aromatic rings. The van der Waals surface area contributed by atoms with Gasteiger partial charge in [0.15, 0.2) is 5.85 Å². The molecule has 0 heterocycles. The van der Waals surface area contributed by atoms with E-state index in [1.807, 2.05) is 0 Å². The molecule has 0 aliphatic rings. The third-order valence-corrected chi connectivity index (χ3v) is 4.74. The summed E-state index contributed by atoms with van der Waals surface area (Å²) in [7, 11) is -2.15. The Kier molecular flexibility index (Phi) is 6.21. The summed E-state index contributed by atoms with van der Waals surface area (Å²) in [6.45, 7) is 6.98. The number of aliphatic hydroxyl groups is 1. The van der Waals surface area contributed by atoms with Crippen LogP contribution in [0.4, 0.5) is 0 Å². The molecular weight excluding hydrogens is 279 g/mol. The molecule has 1 N–H and O–H groups in total. The first-order chi connectivity index (χ1) is 9.28. The first-order valence-corrected chi connectivity index (χ1v) is 8.18. The molecule has 0 saturated heterocycles. The van der Waals surface area contributed by atoms with Crippen LogP contribution in [-0.4, -0.2) is 24.4 Å². The van der Waals surface area contributed by atoms with Crippen LogP contribution in [0.25, 0.3) is 0 Å². The number of hydrogen-bond acceptors (Lipinski definition) is 5. The largest absolute Gasteiger partial charge is 0.497 e. The SMILES string of the molecule is COc1cccc(C(O)P(=O)(OC(C)C)OC(C)C)c1. The third-order valence-electron chi connectivity index (χ3n) is 2.41. The van der Waals surface area contributed by atoms with Crippen LogP contribution in [0.3, 0.4) is 0 Å². The van der Waals surface area contributed by atoms with Crippen LogP contribution in [-0.2, 0) is 13.6 Å². The van der Waals surface area contributed by atoms with Gasteiger partial charge in [-0.05, 0) is 45.4 Å². The summed E-state index contributed by atoms with van der Waals surface area (Å²) in [5.74, 6) is -0.774. The minimum Gasteiger partial charge on any atom is -0.497 e. The van der Waals surface area contributed by atoms with E-state index in [1.54, 1.807) is 52.0 Å². The number of methoxy groups -OCH3 is 1. The molecule has 0 saturated carbocycles. The smallest absolute Gasteiger partial charge is 0.363 e. The fourth-order valence-electron chi connectivity index (χ4n) is 1.71. The first kappa shape index (κ1) is 17.2. The van der Waals surface area contributed by atoms with E-state index in [1.165, 1.54) is 7.11 Å². The molecule has 20 heavy (non-hydrogen) atoms. The molecule has 5 nitrogen and oxygen atoms in total. The number of ether oxygens (including phenoxy) is 1. The Labute approximate surface area is 120 Å². The molecule has 0 aliphatic carbocycles. The van der Waals surface area contributed by atoms with E-state index >= 15 is 0 Å². The fourth-order valence-corrected chi connectivity index (χ4v) is 3.69. The van der Waals surface area contributed by atoms with Gasteiger partial charge in [0.05, 0.1) is 19.3 Å². The van der Waals surface area contributed by atoms with E-state index in [2.05, 4.69) is 0 Å². The van der Waals surface area contributed by atoms with E-state index in [9.17, 15) is 9.67 Å². The molecule has 6 heteroatoms. The molecule has 1 atom stereocenters. The Bertz CT molecular complexity index is 458. The Hall–Kier alpha value is -0.870. The van der Waals surface area contributed by atoms with E-state index in [0.29, 0.717) is 11.3 Å². The van der Waals surface area contributed by atoms with Gasteiger partial charge in [0.25, 0.3) is 0 Å². The number of hydrogen-bond donors (Lipinski definition) is 1. The average molecular weight is 302 g/mol. The molecule has 1 rings (SSSR count). The summed E-state index contributed by atoms with van der Waals surface area (Å²) >= 11 is 0. The van der Waals surface area contributed by atoms with Crippen molar-refractivity contribution in [2.45, 2.75) is 45.7 Å². The molecule has 0 bridgehead atoms. The maximum absolute atomic E-state index is 12.8. The van der Waals surface area contributed by atoms with Crippen LogP contribution in [0.1, 0.15) is 39.1 Å². The predicted octanol–water partition coefficient (Wildman–Crippen LogP) is 3.73. The van der Waals surface area contributed by atoms with Gasteiger partial charge in [-0.15, -0.1) is 0 Å². The monoisotopic (exact) mass is 302 g/mol. The molecule has 0 amide bonds. The van der Waals surface area contributed by atoms with Crippen molar-refractivity contribution < 1.29 is 23.5 Å². The van der Waals surface area contributed by atoms with Crippen molar-refractivity contribution in [2.24, 2.45) is 0 Å². The number of rotatable bonds is 7. The van der Waals surface area contributed by atoms with Gasteiger partial charge in [0, 0.05) is 0 Å². The summed E-state index contributed by atoms with van der Waals surface area (Å²) in [6, 6.07) is 6.73. The highest BCUT2D eigenvalue weighted by molar-refractivity contribution is 7.54. The average Bonchev–Trinajstić information content (AvgIpc) is 2.36. The van der Waals surface area contributed by atoms with Crippen LogP contribution in [0.2, 0.25) is 0 Å². The summed E-state index contributed by atoms with van der Waals surface area (Å²) < 4.78 is 28.7. The van der Waals surface area contributed by atoms with Crippen molar-refractivity contribution in [1.82, 2.24) is 0 Å². The van der Waals surface area contributed by atoms with Crippen molar-refractivity contribution in [3.8, 4) is 5.75 Å². The van der Waals surface area contributed by atoms with Gasteiger partial charge in [0.2, 0.25) is 0 Å². The standard InChI is InChI=1S/C14H23O5P/c1-10(2)18-20(16,19-11(3)4)14(15)12-7-6-8-13(9-12)17-5/h6-11,14-15H,1-5H3. The fraction of sp³-hybridized carbons (Fsp3) is 0.571. The summed E-state index contributed by atoms with van der Waals surface area (Å²) in [4.78, 5) is 0. The Morgan fingerprint density at radius 3 is 2.10 bits per heavy atom. The van der Waals surface area contributed by atoms with Gasteiger partial charge in [0.1, 0.15) is 5.75 Å². The van der Waals surface area contributed by atoms with Crippen LogP contribution in [0.5, 0.6) is 5.75 Å². The van der Waals surface area contributed by atoms with Crippen molar-refractivity contribution in [2.75, 3.05) is 7.11 Å². The molecule has 0 spiro atoms. The molecule has 1 unspecified atom stereocenters. The van der Waals surface area contributed by atoms with Crippen LogP contribution in [0.15, 0.2) is 24.3 Å². The van der Waals surface area contributed by atoms with E-state index in [4.69, 9.17) is 13.8 Å². The molecule has 0 fully saturated rings. The van der Waals surface area contributed by atoms with Crippen molar-refractivity contribution in [3.63, 3.8) is 0 Å². The molecule has 0 aliphatic heterocycles. The van der Waals surface area contributed by atoms with E-state index in [-0.39, 0.29) is 12.2 Å². The Morgan fingerprint density at radius 1 is 1.10 bits per heavy atom. The number of aliphatic hydroxyl groups excluding tert-OH is 1. The summed E-state index contributed by atoms with van der Waals surface area (Å²) in [6.07, 6.45) is -0.639. The highest BCUT2D eigenvalue weighted by Crippen LogP contribution is 2.61. The summed E-state index contributed by atoms with van der Waals surface area (Å²) in [5.41, 5.74) is 0.439. The second kappa shape index (κ2) is 7.23. The second-order valence-electron chi connectivity index (χ2n) is 5.00. The Balaban J connectivity index is 3.08. The van der Waals surface area contributed by atoms with Gasteiger partial charge in [-0.3, -0.25) is 4.57 Å². The zero-order valence-corrected chi connectivity index (χ0v) is 13.5. The maximum Gasteiger partial charge on any atom is 0.363 e. The molecular formula is C14H23O5P. The van der Waals surface area contributed by atoms with Crippen LogP contribution in [0, 0.1) is 0 Å². The first-order valence-electron chi connectivity index (χ1n) is 6.57. The lowest BCUT2D eigenvalue weighted by Crippen LogP contribution is -2.13. The van der Waals surface area contributed by atoms with Gasteiger partial charge >= 0.3 is 7.60 Å². The van der Waals surface area contributed by atoms with E-state index in [0.717, 1.165) is 0 Å². The highest BCUT2D eigenvalue weighted by Gasteiger charge is 2.38. The van der Waals surface area contributed by atoms with Gasteiger partial charge < -0.3 is 18.9 Å². The number of benzene rings is 1. The molecule has 114 valence electrons. The van der Waals surface area contributed by atoms with Gasteiger partial charge in [-0.1, -0.05) is 12.1 Å². The normalized spacial score (nSPS) is 13.8. The summed E-state index contributed by atoms with van der Waals surface area (Å²) in [5, 5.41) is 10.4. The lowest BCUT2D eigenvalue weighted by Gasteiger charge is -2.27. The van der Waals surface area contributed by atoms with Gasteiger partial charge in [-0.2, -0.15) is 0 Å². The van der Waals surface area contributed by atoms with Crippen molar-refractivity contribution in [3.05, 3.63) is 29.8 Å². The van der Waals surface area contributed by atoms with Gasteiger partial charge in [-0.25, -0.2) is 0 Å². The zero-order chi connectivity index (χ0) is 15.3. The zero-order valence-electron chi connectivity index (χ0n) is 12.6. The Morgan fingerprint density at radius 2 is 1.65 bits per heavy atom. The maximum atomic E-state index is 12.8. The minimum atomic E-state index is -3.67. The van der Waals surface area contributed by atoms with Crippen molar-refractivity contribution >= 4 is 7.60 Å². The third kappa shape index (κ3) is 4.60. The van der Waals surface area contributed by atoms with Crippen LogP contribution >= 0.6 is 7.60 Å². The molecule has 1 aromatic carbocycles. The van der Waals surface area contributed by atoms with Crippen LogP contribution < -0.4 is 4.74 Å². The lowest BCUT2D eigenvalue weighted by atomic mass is 10.2. The lowest BCUT2D eigenvalue weighted by molar-refractivity contribution is 0.101. The quantitative estimate of drug-likeness (QED) is 0.777. The molecule has 0 radical (unpaired) electrons.